The molecule has 6 nitrogen and oxygen atoms in total. The highest BCUT2D eigenvalue weighted by Gasteiger charge is 2.44. The SMILES string of the molecule is COCCCNC(=O)[C@@H]1c2ccccc2C(=O)N(C(C)C)[C@H]1c1ccc(CO)cc1. The van der Waals surface area contributed by atoms with Crippen LogP contribution in [0.25, 0.3) is 0 Å². The van der Waals surface area contributed by atoms with Crippen LogP contribution in [-0.4, -0.2) is 48.1 Å². The van der Waals surface area contributed by atoms with Gasteiger partial charge >= 0.3 is 0 Å². The Morgan fingerprint density at radius 3 is 2.50 bits per heavy atom. The van der Waals surface area contributed by atoms with E-state index in [1.54, 1.807) is 18.1 Å². The molecule has 0 bridgehead atoms. The largest absolute Gasteiger partial charge is 0.392 e. The summed E-state index contributed by atoms with van der Waals surface area (Å²) in [5.41, 5.74) is 2.99. The van der Waals surface area contributed by atoms with Gasteiger partial charge in [0.25, 0.3) is 5.91 Å². The van der Waals surface area contributed by atoms with Crippen molar-refractivity contribution in [3.05, 3.63) is 70.8 Å². The summed E-state index contributed by atoms with van der Waals surface area (Å²) in [7, 11) is 1.64. The average molecular weight is 411 g/mol. The van der Waals surface area contributed by atoms with E-state index in [1.807, 2.05) is 56.3 Å². The normalized spacial score (nSPS) is 18.4. The molecule has 2 aromatic carbocycles. The predicted molar refractivity (Wildman–Crippen MR) is 115 cm³/mol. The van der Waals surface area contributed by atoms with Crippen molar-refractivity contribution in [3.8, 4) is 0 Å². The van der Waals surface area contributed by atoms with Crippen molar-refractivity contribution in [1.29, 1.82) is 0 Å². The molecular weight excluding hydrogens is 380 g/mol. The number of carbonyl (C=O) groups excluding carboxylic acids is 2. The van der Waals surface area contributed by atoms with Crippen molar-refractivity contribution < 1.29 is 19.4 Å². The number of methoxy groups -OCH3 is 1. The van der Waals surface area contributed by atoms with Crippen LogP contribution in [0.1, 0.15) is 59.3 Å². The van der Waals surface area contributed by atoms with E-state index in [2.05, 4.69) is 5.32 Å². The molecule has 0 saturated carbocycles. The summed E-state index contributed by atoms with van der Waals surface area (Å²) >= 11 is 0. The monoisotopic (exact) mass is 410 g/mol. The number of aliphatic hydroxyl groups is 1. The summed E-state index contributed by atoms with van der Waals surface area (Å²) in [5.74, 6) is -0.697. The Labute approximate surface area is 177 Å². The van der Waals surface area contributed by atoms with Gasteiger partial charge in [-0.2, -0.15) is 0 Å². The standard InChI is InChI=1S/C24H30N2O4/c1-16(2)26-22(18-11-9-17(15-27)10-12-18)21(23(28)25-13-6-14-30-3)19-7-4-5-8-20(19)24(26)29/h4-5,7-12,16,21-22,27H,6,13-15H2,1-3H3,(H,25,28)/t21-,22+/m1/s1. The van der Waals surface area contributed by atoms with Gasteiger partial charge in [0.1, 0.15) is 0 Å². The van der Waals surface area contributed by atoms with Gasteiger partial charge in [0.05, 0.1) is 18.6 Å². The first kappa shape index (κ1) is 22.0. The molecule has 0 fully saturated rings. The molecule has 2 aromatic rings. The van der Waals surface area contributed by atoms with E-state index in [0.717, 1.165) is 23.1 Å². The van der Waals surface area contributed by atoms with Crippen LogP contribution in [-0.2, 0) is 16.1 Å². The Hall–Kier alpha value is -2.70. The van der Waals surface area contributed by atoms with Crippen LogP contribution in [0, 0.1) is 0 Å². The summed E-state index contributed by atoms with van der Waals surface area (Å²) in [6.07, 6.45) is 0.722. The van der Waals surface area contributed by atoms with E-state index in [0.29, 0.717) is 18.7 Å². The van der Waals surface area contributed by atoms with Gasteiger partial charge in [0, 0.05) is 31.9 Å². The molecule has 0 unspecified atom stereocenters. The van der Waals surface area contributed by atoms with Gasteiger partial charge in [-0.3, -0.25) is 9.59 Å². The van der Waals surface area contributed by atoms with Gasteiger partial charge in [0.2, 0.25) is 5.91 Å². The van der Waals surface area contributed by atoms with Gasteiger partial charge in [-0.15, -0.1) is 0 Å². The zero-order chi connectivity index (χ0) is 21.7. The Morgan fingerprint density at radius 1 is 1.17 bits per heavy atom. The summed E-state index contributed by atoms with van der Waals surface area (Å²) in [6.45, 7) is 4.97. The van der Waals surface area contributed by atoms with Crippen LogP contribution in [0.2, 0.25) is 0 Å². The van der Waals surface area contributed by atoms with Crippen molar-refractivity contribution in [2.45, 2.75) is 44.9 Å². The van der Waals surface area contributed by atoms with E-state index in [9.17, 15) is 14.7 Å². The maximum absolute atomic E-state index is 13.4. The van der Waals surface area contributed by atoms with Crippen molar-refractivity contribution in [2.24, 2.45) is 0 Å². The molecule has 0 spiro atoms. The second kappa shape index (κ2) is 9.87. The Bertz CT molecular complexity index is 879. The fraction of sp³-hybridized carbons (Fsp3) is 0.417. The lowest BCUT2D eigenvalue weighted by Crippen LogP contribution is -2.50. The summed E-state index contributed by atoms with van der Waals surface area (Å²) in [4.78, 5) is 28.5. The smallest absolute Gasteiger partial charge is 0.254 e. The molecule has 1 aliphatic rings. The molecule has 0 aliphatic carbocycles. The van der Waals surface area contributed by atoms with Crippen LogP contribution in [0.15, 0.2) is 48.5 Å². The molecule has 6 heteroatoms. The van der Waals surface area contributed by atoms with Crippen LogP contribution < -0.4 is 5.32 Å². The van der Waals surface area contributed by atoms with Crippen molar-refractivity contribution in [1.82, 2.24) is 10.2 Å². The third kappa shape index (κ3) is 4.40. The number of rotatable bonds is 8. The zero-order valence-corrected chi connectivity index (χ0v) is 17.8. The van der Waals surface area contributed by atoms with Crippen LogP contribution in [0.4, 0.5) is 0 Å². The minimum Gasteiger partial charge on any atom is -0.392 e. The fourth-order valence-corrected chi connectivity index (χ4v) is 4.11. The Morgan fingerprint density at radius 2 is 1.87 bits per heavy atom. The third-order valence-corrected chi connectivity index (χ3v) is 5.54. The molecule has 0 aromatic heterocycles. The van der Waals surface area contributed by atoms with E-state index >= 15 is 0 Å². The minimum atomic E-state index is -0.524. The quantitative estimate of drug-likeness (QED) is 0.656. The highest BCUT2D eigenvalue weighted by atomic mass is 16.5. The summed E-state index contributed by atoms with van der Waals surface area (Å²) < 4.78 is 5.08. The molecule has 3 rings (SSSR count). The molecule has 2 N–H and O–H groups in total. The van der Waals surface area contributed by atoms with Gasteiger partial charge in [0.15, 0.2) is 0 Å². The number of amides is 2. The topological polar surface area (TPSA) is 78.9 Å². The maximum Gasteiger partial charge on any atom is 0.254 e. The predicted octanol–water partition coefficient (Wildman–Crippen LogP) is 3.02. The zero-order valence-electron chi connectivity index (χ0n) is 17.8. The van der Waals surface area contributed by atoms with Gasteiger partial charge < -0.3 is 20.1 Å². The Kier molecular flexibility index (Phi) is 7.24. The Balaban J connectivity index is 2.07. The number of benzene rings is 2. The summed E-state index contributed by atoms with van der Waals surface area (Å²) in [6, 6.07) is 14.3. The van der Waals surface area contributed by atoms with Gasteiger partial charge in [-0.25, -0.2) is 0 Å². The van der Waals surface area contributed by atoms with Crippen molar-refractivity contribution in [3.63, 3.8) is 0 Å². The first-order valence-corrected chi connectivity index (χ1v) is 10.4. The number of nitrogens with zero attached hydrogens (tertiary/aromatic N) is 1. The number of nitrogens with one attached hydrogen (secondary N) is 1. The molecule has 160 valence electrons. The second-order valence-corrected chi connectivity index (χ2v) is 7.85. The van der Waals surface area contributed by atoms with Crippen LogP contribution in [0.3, 0.4) is 0 Å². The first-order chi connectivity index (χ1) is 14.5. The van der Waals surface area contributed by atoms with Gasteiger partial charge in [-0.1, -0.05) is 42.5 Å². The highest BCUT2D eigenvalue weighted by molar-refractivity contribution is 6.01. The number of ether oxygens (including phenoxy) is 1. The molecule has 2 amide bonds. The second-order valence-electron chi connectivity index (χ2n) is 7.85. The molecular formula is C24H30N2O4. The number of hydrogen-bond acceptors (Lipinski definition) is 4. The van der Waals surface area contributed by atoms with E-state index in [1.165, 1.54) is 0 Å². The fourth-order valence-electron chi connectivity index (χ4n) is 4.11. The lowest BCUT2D eigenvalue weighted by atomic mass is 9.78. The number of fused-ring (bicyclic) bond motifs is 1. The number of hydrogen-bond donors (Lipinski definition) is 2. The molecule has 1 aliphatic heterocycles. The summed E-state index contributed by atoms with van der Waals surface area (Å²) in [5, 5.41) is 12.4. The molecule has 0 saturated heterocycles. The first-order valence-electron chi connectivity index (χ1n) is 10.4. The molecule has 30 heavy (non-hydrogen) atoms. The lowest BCUT2D eigenvalue weighted by Gasteiger charge is -2.44. The molecule has 0 radical (unpaired) electrons. The van der Waals surface area contributed by atoms with Crippen molar-refractivity contribution in [2.75, 3.05) is 20.3 Å². The van der Waals surface area contributed by atoms with Crippen LogP contribution in [0.5, 0.6) is 0 Å². The van der Waals surface area contributed by atoms with Gasteiger partial charge in [-0.05, 0) is 43.0 Å². The average Bonchev–Trinajstić information content (AvgIpc) is 2.76. The van der Waals surface area contributed by atoms with E-state index in [-0.39, 0.29) is 24.5 Å². The maximum atomic E-state index is 13.4. The number of carbonyl (C=O) groups is 2. The molecule has 1 heterocycles. The van der Waals surface area contributed by atoms with Crippen LogP contribution >= 0.6 is 0 Å². The van der Waals surface area contributed by atoms with E-state index in [4.69, 9.17) is 4.74 Å². The van der Waals surface area contributed by atoms with Crippen molar-refractivity contribution >= 4 is 11.8 Å². The lowest BCUT2D eigenvalue weighted by molar-refractivity contribution is -0.124. The number of aliphatic hydroxyl groups excluding tert-OH is 1. The molecule has 2 atom stereocenters. The van der Waals surface area contributed by atoms with E-state index < -0.39 is 12.0 Å². The third-order valence-electron chi connectivity index (χ3n) is 5.54. The highest BCUT2D eigenvalue weighted by Crippen LogP contribution is 2.43. The minimum absolute atomic E-state index is 0.0516.